The van der Waals surface area contributed by atoms with Gasteiger partial charge in [-0.15, -0.1) is 0 Å². The maximum atomic E-state index is 4.65. The van der Waals surface area contributed by atoms with Crippen LogP contribution in [0.3, 0.4) is 0 Å². The van der Waals surface area contributed by atoms with Gasteiger partial charge in [-0.2, -0.15) is 5.10 Å². The summed E-state index contributed by atoms with van der Waals surface area (Å²) in [5, 5.41) is 4.18. The Labute approximate surface area is 134 Å². The molecule has 7 heteroatoms. The second-order valence-electron chi connectivity index (χ2n) is 5.82. The Morgan fingerprint density at radius 3 is 2.91 bits per heavy atom. The van der Waals surface area contributed by atoms with Crippen molar-refractivity contribution in [1.82, 2.24) is 34.2 Å². The summed E-state index contributed by atoms with van der Waals surface area (Å²) in [5.74, 6) is 1.11. The normalized spacial score (nSPS) is 18.0. The molecule has 1 aliphatic heterocycles. The summed E-state index contributed by atoms with van der Waals surface area (Å²) >= 11 is 0. The van der Waals surface area contributed by atoms with E-state index < -0.39 is 0 Å². The Morgan fingerprint density at radius 1 is 1.17 bits per heavy atom. The summed E-state index contributed by atoms with van der Waals surface area (Å²) in [6.45, 7) is 5.70. The monoisotopic (exact) mass is 309 g/mol. The van der Waals surface area contributed by atoms with Gasteiger partial charge in [-0.3, -0.25) is 9.88 Å². The third-order valence-electron chi connectivity index (χ3n) is 4.38. The molecule has 1 aliphatic rings. The third kappa shape index (κ3) is 2.75. The number of nitrogens with zero attached hydrogens (tertiary/aromatic N) is 7. The van der Waals surface area contributed by atoms with Gasteiger partial charge in [-0.05, 0) is 19.1 Å². The Bertz CT molecular complexity index is 763. The van der Waals surface area contributed by atoms with Crippen molar-refractivity contribution in [2.45, 2.75) is 32.6 Å². The SMILES string of the molecule is CC1c2ncc(Cn3cncn3)n2CCN1Cc1ccccn1. The molecule has 4 heterocycles. The molecule has 0 saturated heterocycles. The molecule has 0 amide bonds. The number of hydrogen-bond acceptors (Lipinski definition) is 5. The van der Waals surface area contributed by atoms with E-state index in [4.69, 9.17) is 0 Å². The van der Waals surface area contributed by atoms with Gasteiger partial charge in [0.25, 0.3) is 0 Å². The highest BCUT2D eigenvalue weighted by atomic mass is 15.3. The number of pyridine rings is 1. The van der Waals surface area contributed by atoms with Gasteiger partial charge in [0.05, 0.1) is 30.2 Å². The van der Waals surface area contributed by atoms with Crippen LogP contribution in [0.15, 0.2) is 43.2 Å². The van der Waals surface area contributed by atoms with Crippen molar-refractivity contribution >= 4 is 0 Å². The number of hydrogen-bond donors (Lipinski definition) is 0. The highest BCUT2D eigenvalue weighted by Gasteiger charge is 2.27. The summed E-state index contributed by atoms with van der Waals surface area (Å²) in [6.07, 6.45) is 7.10. The van der Waals surface area contributed by atoms with E-state index in [1.165, 1.54) is 5.69 Å². The predicted octanol–water partition coefficient (Wildman–Crippen LogP) is 1.49. The van der Waals surface area contributed by atoms with Crippen LogP contribution in [-0.2, 0) is 19.6 Å². The average Bonchev–Trinajstić information content (AvgIpc) is 3.22. The van der Waals surface area contributed by atoms with E-state index in [1.807, 2.05) is 29.2 Å². The van der Waals surface area contributed by atoms with Crippen molar-refractivity contribution in [3.05, 3.63) is 60.5 Å². The molecule has 0 saturated carbocycles. The molecule has 7 nitrogen and oxygen atoms in total. The van der Waals surface area contributed by atoms with Crippen LogP contribution in [0.25, 0.3) is 0 Å². The number of fused-ring (bicyclic) bond motifs is 1. The van der Waals surface area contributed by atoms with E-state index in [9.17, 15) is 0 Å². The molecule has 23 heavy (non-hydrogen) atoms. The van der Waals surface area contributed by atoms with E-state index in [-0.39, 0.29) is 6.04 Å². The van der Waals surface area contributed by atoms with Gasteiger partial charge in [-0.25, -0.2) is 14.6 Å². The minimum absolute atomic E-state index is 0.273. The molecule has 4 rings (SSSR count). The van der Waals surface area contributed by atoms with E-state index in [0.29, 0.717) is 6.54 Å². The molecule has 0 aliphatic carbocycles. The molecular weight excluding hydrogens is 290 g/mol. The Balaban J connectivity index is 1.53. The smallest absolute Gasteiger partial charge is 0.137 e. The van der Waals surface area contributed by atoms with Crippen LogP contribution in [0, 0.1) is 0 Å². The molecule has 118 valence electrons. The summed E-state index contributed by atoms with van der Waals surface area (Å²) in [6, 6.07) is 6.33. The van der Waals surface area contributed by atoms with Crippen LogP contribution in [-0.4, -0.2) is 40.7 Å². The molecule has 3 aromatic heterocycles. The van der Waals surface area contributed by atoms with E-state index in [0.717, 1.165) is 31.2 Å². The van der Waals surface area contributed by atoms with E-state index >= 15 is 0 Å². The maximum Gasteiger partial charge on any atom is 0.137 e. The van der Waals surface area contributed by atoms with Gasteiger partial charge in [0.15, 0.2) is 0 Å². The van der Waals surface area contributed by atoms with Crippen LogP contribution in [0.2, 0.25) is 0 Å². The van der Waals surface area contributed by atoms with Gasteiger partial charge in [-0.1, -0.05) is 6.07 Å². The molecule has 0 radical (unpaired) electrons. The fourth-order valence-electron chi connectivity index (χ4n) is 3.13. The fourth-order valence-corrected chi connectivity index (χ4v) is 3.13. The summed E-state index contributed by atoms with van der Waals surface area (Å²) in [5.41, 5.74) is 2.28. The zero-order valence-corrected chi connectivity index (χ0v) is 13.1. The molecule has 0 spiro atoms. The predicted molar refractivity (Wildman–Crippen MR) is 84.4 cm³/mol. The van der Waals surface area contributed by atoms with Crippen molar-refractivity contribution in [1.29, 1.82) is 0 Å². The lowest BCUT2D eigenvalue weighted by Crippen LogP contribution is -2.37. The van der Waals surface area contributed by atoms with Gasteiger partial charge in [0, 0.05) is 25.8 Å². The standard InChI is InChI=1S/C16H19N7/c1-13-16-19-8-15(10-22-12-17-11-20-22)23(16)7-6-21(13)9-14-4-2-3-5-18-14/h2-5,8,11-13H,6-7,9-10H2,1H3. The minimum Gasteiger partial charge on any atom is -0.328 e. The lowest BCUT2D eigenvalue weighted by Gasteiger charge is -2.34. The lowest BCUT2D eigenvalue weighted by atomic mass is 10.2. The van der Waals surface area contributed by atoms with Crippen molar-refractivity contribution in [2.24, 2.45) is 0 Å². The van der Waals surface area contributed by atoms with Crippen molar-refractivity contribution in [3.63, 3.8) is 0 Å². The molecule has 3 aromatic rings. The zero-order valence-electron chi connectivity index (χ0n) is 13.1. The first-order chi connectivity index (χ1) is 11.3. The Hall–Kier alpha value is -2.54. The average molecular weight is 309 g/mol. The molecule has 0 N–H and O–H groups in total. The van der Waals surface area contributed by atoms with Gasteiger partial charge in [0.1, 0.15) is 18.5 Å². The summed E-state index contributed by atoms with van der Waals surface area (Å²) in [4.78, 5) is 15.5. The fraction of sp³-hybridized carbons (Fsp3) is 0.375. The molecule has 0 aromatic carbocycles. The second kappa shape index (κ2) is 5.92. The van der Waals surface area contributed by atoms with Crippen LogP contribution < -0.4 is 0 Å². The molecule has 0 bridgehead atoms. The minimum atomic E-state index is 0.273. The van der Waals surface area contributed by atoms with Crippen molar-refractivity contribution < 1.29 is 0 Å². The molecular formula is C16H19N7. The highest BCUT2D eigenvalue weighted by Crippen LogP contribution is 2.26. The van der Waals surface area contributed by atoms with Crippen molar-refractivity contribution in [2.75, 3.05) is 6.54 Å². The largest absolute Gasteiger partial charge is 0.328 e. The molecule has 1 unspecified atom stereocenters. The first-order valence-electron chi connectivity index (χ1n) is 7.82. The zero-order chi connectivity index (χ0) is 15.6. The second-order valence-corrected chi connectivity index (χ2v) is 5.82. The summed E-state index contributed by atoms with van der Waals surface area (Å²) in [7, 11) is 0. The highest BCUT2D eigenvalue weighted by molar-refractivity contribution is 5.12. The van der Waals surface area contributed by atoms with Crippen LogP contribution in [0.1, 0.15) is 30.2 Å². The van der Waals surface area contributed by atoms with Gasteiger partial charge in [0.2, 0.25) is 0 Å². The Kier molecular flexibility index (Phi) is 3.63. The third-order valence-corrected chi connectivity index (χ3v) is 4.38. The van der Waals surface area contributed by atoms with E-state index in [2.05, 4.69) is 42.5 Å². The van der Waals surface area contributed by atoms with Crippen LogP contribution >= 0.6 is 0 Å². The lowest BCUT2D eigenvalue weighted by molar-refractivity contribution is 0.153. The van der Waals surface area contributed by atoms with Gasteiger partial charge < -0.3 is 4.57 Å². The maximum absolute atomic E-state index is 4.65. The first kappa shape index (κ1) is 14.1. The molecule has 1 atom stereocenters. The van der Waals surface area contributed by atoms with E-state index in [1.54, 1.807) is 12.7 Å². The van der Waals surface area contributed by atoms with Crippen LogP contribution in [0.4, 0.5) is 0 Å². The number of rotatable bonds is 4. The topological polar surface area (TPSA) is 64.7 Å². The summed E-state index contributed by atoms with van der Waals surface area (Å²) < 4.78 is 4.14. The first-order valence-corrected chi connectivity index (χ1v) is 7.82. The number of imidazole rings is 1. The molecule has 0 fully saturated rings. The quantitative estimate of drug-likeness (QED) is 0.730. The number of aromatic nitrogens is 6. The van der Waals surface area contributed by atoms with Crippen molar-refractivity contribution in [3.8, 4) is 0 Å². The van der Waals surface area contributed by atoms with Crippen LogP contribution in [0.5, 0.6) is 0 Å². The van der Waals surface area contributed by atoms with Gasteiger partial charge >= 0.3 is 0 Å². The Morgan fingerprint density at radius 2 is 2.13 bits per heavy atom.